The zero-order valence-corrected chi connectivity index (χ0v) is 16.5. The van der Waals surface area contributed by atoms with Gasteiger partial charge in [-0.3, -0.25) is 10.2 Å². The molecule has 154 valence electrons. The fraction of sp³-hybridized carbons (Fsp3) is 0.263. The predicted octanol–water partition coefficient (Wildman–Crippen LogP) is 0.781. The molecule has 0 aliphatic carbocycles. The second kappa shape index (κ2) is 9.14. The minimum Gasteiger partial charge on any atom is -0.462 e. The Morgan fingerprint density at radius 1 is 1.07 bits per heavy atom. The highest BCUT2D eigenvalue weighted by atomic mass is 32.2. The van der Waals surface area contributed by atoms with Crippen LogP contribution in [0.2, 0.25) is 0 Å². The molecule has 0 spiro atoms. The summed E-state index contributed by atoms with van der Waals surface area (Å²) < 4.78 is 29.6. The van der Waals surface area contributed by atoms with Crippen LogP contribution in [0.4, 0.5) is 0 Å². The van der Waals surface area contributed by atoms with Gasteiger partial charge in [-0.25, -0.2) is 24.1 Å². The lowest BCUT2D eigenvalue weighted by Crippen LogP contribution is -2.50. The molecule has 9 nitrogen and oxygen atoms in total. The summed E-state index contributed by atoms with van der Waals surface area (Å²) in [5.74, 6) is -1.05. The molecule has 29 heavy (non-hydrogen) atoms. The van der Waals surface area contributed by atoms with Gasteiger partial charge in [-0.15, -0.1) is 4.83 Å². The molecule has 10 heteroatoms. The molecule has 1 heterocycles. The van der Waals surface area contributed by atoms with E-state index in [-0.39, 0.29) is 23.1 Å². The van der Waals surface area contributed by atoms with Gasteiger partial charge in [-0.1, -0.05) is 30.3 Å². The number of benzene rings is 2. The highest BCUT2D eigenvalue weighted by Crippen LogP contribution is 2.21. The zero-order chi connectivity index (χ0) is 20.9. The summed E-state index contributed by atoms with van der Waals surface area (Å²) in [6.07, 6.45) is 0.464. The number of hydrazine groups is 2. The van der Waals surface area contributed by atoms with Crippen molar-refractivity contribution in [3.05, 3.63) is 65.7 Å². The number of nitrogens with one attached hydrogen (secondary N) is 4. The van der Waals surface area contributed by atoms with Gasteiger partial charge in [0, 0.05) is 6.04 Å². The van der Waals surface area contributed by atoms with Crippen molar-refractivity contribution in [1.29, 1.82) is 0 Å². The highest BCUT2D eigenvalue weighted by molar-refractivity contribution is 7.89. The summed E-state index contributed by atoms with van der Waals surface area (Å²) in [6, 6.07) is 14.2. The van der Waals surface area contributed by atoms with Gasteiger partial charge in [0.05, 0.1) is 17.1 Å². The van der Waals surface area contributed by atoms with E-state index in [1.165, 1.54) is 24.3 Å². The van der Waals surface area contributed by atoms with Crippen molar-refractivity contribution in [3.63, 3.8) is 0 Å². The lowest BCUT2D eigenvalue weighted by molar-refractivity contribution is -0.123. The Bertz CT molecular complexity index is 964. The lowest BCUT2D eigenvalue weighted by atomic mass is 10.0. The molecule has 0 saturated carbocycles. The molecule has 2 unspecified atom stereocenters. The van der Waals surface area contributed by atoms with E-state index in [1.807, 2.05) is 30.3 Å². The van der Waals surface area contributed by atoms with E-state index in [2.05, 4.69) is 21.1 Å². The largest absolute Gasteiger partial charge is 0.462 e. The Labute approximate surface area is 168 Å². The number of sulfonamides is 1. The van der Waals surface area contributed by atoms with Crippen molar-refractivity contribution < 1.29 is 22.7 Å². The van der Waals surface area contributed by atoms with Crippen molar-refractivity contribution in [2.24, 2.45) is 0 Å². The SMILES string of the molecule is CCOC(=O)c1ccc(S(=O)(=O)NNC(=O)C2CC(c3ccccc3)NN2)cc1. The van der Waals surface area contributed by atoms with Crippen molar-refractivity contribution in [2.75, 3.05) is 6.61 Å². The Hall–Kier alpha value is -2.79. The molecule has 2 aromatic carbocycles. The van der Waals surface area contributed by atoms with Crippen LogP contribution in [-0.4, -0.2) is 32.9 Å². The maximum absolute atomic E-state index is 12.4. The summed E-state index contributed by atoms with van der Waals surface area (Å²) in [6.45, 7) is 1.90. The topological polar surface area (TPSA) is 126 Å². The van der Waals surface area contributed by atoms with Crippen molar-refractivity contribution in [1.82, 2.24) is 21.1 Å². The van der Waals surface area contributed by atoms with E-state index < -0.39 is 27.9 Å². The standard InChI is InChI=1S/C19H22N4O5S/c1-2-28-19(25)14-8-10-15(11-9-14)29(26,27)23-22-18(24)17-12-16(20-21-17)13-6-4-3-5-7-13/h3-11,16-17,20-21,23H,2,12H2,1H3,(H,22,24). The fourth-order valence-corrected chi connectivity index (χ4v) is 3.73. The third-order valence-electron chi connectivity index (χ3n) is 4.41. The van der Waals surface area contributed by atoms with Gasteiger partial charge in [0.25, 0.3) is 15.9 Å². The summed E-state index contributed by atoms with van der Waals surface area (Å²) in [5.41, 5.74) is 9.38. The van der Waals surface area contributed by atoms with Crippen LogP contribution < -0.4 is 21.1 Å². The van der Waals surface area contributed by atoms with Crippen LogP contribution in [0.15, 0.2) is 59.5 Å². The van der Waals surface area contributed by atoms with Crippen LogP contribution in [0.1, 0.15) is 35.3 Å². The van der Waals surface area contributed by atoms with Gasteiger partial charge < -0.3 is 4.74 Å². The summed E-state index contributed by atoms with van der Waals surface area (Å²) in [7, 11) is -3.99. The molecule has 1 amide bonds. The number of ether oxygens (including phenoxy) is 1. The van der Waals surface area contributed by atoms with Gasteiger partial charge in [0.1, 0.15) is 6.04 Å². The maximum atomic E-state index is 12.4. The van der Waals surface area contributed by atoms with E-state index in [4.69, 9.17) is 4.74 Å². The average molecular weight is 418 g/mol. The Morgan fingerprint density at radius 3 is 2.41 bits per heavy atom. The number of amides is 1. The number of carbonyl (C=O) groups excluding carboxylic acids is 2. The number of hydrogen-bond donors (Lipinski definition) is 4. The molecule has 3 rings (SSSR count). The van der Waals surface area contributed by atoms with Crippen LogP contribution in [0.25, 0.3) is 0 Å². The Kier molecular flexibility index (Phi) is 6.60. The molecule has 1 fully saturated rings. The number of esters is 1. The monoisotopic (exact) mass is 418 g/mol. The number of hydrogen-bond acceptors (Lipinski definition) is 7. The highest BCUT2D eigenvalue weighted by Gasteiger charge is 2.30. The van der Waals surface area contributed by atoms with E-state index in [0.29, 0.717) is 6.42 Å². The predicted molar refractivity (Wildman–Crippen MR) is 105 cm³/mol. The molecule has 2 aromatic rings. The molecule has 0 radical (unpaired) electrons. The van der Waals surface area contributed by atoms with E-state index in [0.717, 1.165) is 5.56 Å². The Balaban J connectivity index is 1.56. The molecule has 2 atom stereocenters. The molecular formula is C19H22N4O5S. The number of carbonyl (C=O) groups is 2. The summed E-state index contributed by atoms with van der Waals surface area (Å²) >= 11 is 0. The molecule has 4 N–H and O–H groups in total. The minimum atomic E-state index is -3.99. The van der Waals surface area contributed by atoms with Crippen LogP contribution in [0.3, 0.4) is 0 Å². The first kappa shape index (κ1) is 20.9. The summed E-state index contributed by atoms with van der Waals surface area (Å²) in [5, 5.41) is 0. The molecule has 1 saturated heterocycles. The van der Waals surface area contributed by atoms with Crippen molar-refractivity contribution in [2.45, 2.75) is 30.3 Å². The first-order chi connectivity index (χ1) is 13.9. The second-order valence-corrected chi connectivity index (χ2v) is 8.06. The van der Waals surface area contributed by atoms with Crippen molar-refractivity contribution in [3.8, 4) is 0 Å². The fourth-order valence-electron chi connectivity index (χ4n) is 2.88. The van der Waals surface area contributed by atoms with Gasteiger partial charge >= 0.3 is 5.97 Å². The Morgan fingerprint density at radius 2 is 1.76 bits per heavy atom. The average Bonchev–Trinajstić information content (AvgIpc) is 3.23. The third-order valence-corrected chi connectivity index (χ3v) is 5.67. The van der Waals surface area contributed by atoms with Gasteiger partial charge in [0.15, 0.2) is 0 Å². The van der Waals surface area contributed by atoms with Gasteiger partial charge in [-0.05, 0) is 43.2 Å². The molecule has 1 aliphatic heterocycles. The smallest absolute Gasteiger partial charge is 0.338 e. The van der Waals surface area contributed by atoms with Crippen LogP contribution in [0.5, 0.6) is 0 Å². The maximum Gasteiger partial charge on any atom is 0.338 e. The van der Waals surface area contributed by atoms with Crippen molar-refractivity contribution >= 4 is 21.9 Å². The quantitative estimate of drug-likeness (QED) is 0.387. The normalized spacial score (nSPS) is 18.9. The first-order valence-corrected chi connectivity index (χ1v) is 10.5. The first-order valence-electron chi connectivity index (χ1n) is 9.05. The zero-order valence-electron chi connectivity index (χ0n) is 15.7. The van der Waals surface area contributed by atoms with Crippen LogP contribution in [-0.2, 0) is 19.6 Å². The molecule has 0 bridgehead atoms. The van der Waals surface area contributed by atoms with E-state index in [1.54, 1.807) is 6.92 Å². The molecular weight excluding hydrogens is 396 g/mol. The molecule has 1 aliphatic rings. The number of rotatable bonds is 7. The van der Waals surface area contributed by atoms with Crippen LogP contribution in [0, 0.1) is 0 Å². The summed E-state index contributed by atoms with van der Waals surface area (Å²) in [4.78, 5) is 25.9. The van der Waals surface area contributed by atoms with Gasteiger partial charge in [-0.2, -0.15) is 0 Å². The third kappa shape index (κ3) is 5.18. The van der Waals surface area contributed by atoms with E-state index >= 15 is 0 Å². The van der Waals surface area contributed by atoms with E-state index in [9.17, 15) is 18.0 Å². The lowest BCUT2D eigenvalue weighted by Gasteiger charge is -2.12. The molecule has 0 aromatic heterocycles. The minimum absolute atomic E-state index is 0.0565. The second-order valence-electron chi connectivity index (χ2n) is 6.38. The van der Waals surface area contributed by atoms with Gasteiger partial charge in [0.2, 0.25) is 0 Å². The van der Waals surface area contributed by atoms with Crippen LogP contribution >= 0.6 is 0 Å².